The van der Waals surface area contributed by atoms with Crippen LogP contribution in [-0.2, 0) is 6.54 Å². The fourth-order valence-corrected chi connectivity index (χ4v) is 2.11. The number of phenolic OH excluding ortho intramolecular Hbond substituents is 1. The Kier molecular flexibility index (Phi) is 2.59. The Morgan fingerprint density at radius 1 is 1.21 bits per heavy atom. The van der Waals surface area contributed by atoms with E-state index in [1.807, 2.05) is 0 Å². The van der Waals surface area contributed by atoms with Gasteiger partial charge in [-0.15, -0.1) is 0 Å². The van der Waals surface area contributed by atoms with Crippen molar-refractivity contribution >= 4 is 11.0 Å². The Bertz CT molecular complexity index is 805. The van der Waals surface area contributed by atoms with E-state index in [1.54, 1.807) is 30.3 Å². The first-order chi connectivity index (χ1) is 9.15. The molecule has 3 rings (SSSR count). The van der Waals surface area contributed by atoms with Gasteiger partial charge in [0.05, 0.1) is 17.6 Å². The highest BCUT2D eigenvalue weighted by Crippen LogP contribution is 2.19. The van der Waals surface area contributed by atoms with Gasteiger partial charge in [-0.05, 0) is 24.3 Å². The van der Waals surface area contributed by atoms with Crippen LogP contribution in [-0.4, -0.2) is 14.7 Å². The standard InChI is InChI=1S/C14H11FN2O2/c15-10-5-6-12-11(7-10)16-14(19)17(12)8-9-3-1-2-4-13(9)18/h1-7,18H,8H2,(H,16,19). The fourth-order valence-electron chi connectivity index (χ4n) is 2.11. The summed E-state index contributed by atoms with van der Waals surface area (Å²) in [6, 6.07) is 10.9. The molecule has 1 heterocycles. The topological polar surface area (TPSA) is 58.0 Å². The number of halogens is 1. The summed E-state index contributed by atoms with van der Waals surface area (Å²) in [5.74, 6) is -0.269. The van der Waals surface area contributed by atoms with Crippen LogP contribution in [0.4, 0.5) is 4.39 Å². The van der Waals surface area contributed by atoms with Crippen molar-refractivity contribution in [2.45, 2.75) is 6.54 Å². The number of hydrogen-bond acceptors (Lipinski definition) is 2. The van der Waals surface area contributed by atoms with Crippen LogP contribution in [0.1, 0.15) is 5.56 Å². The third kappa shape index (κ3) is 1.99. The van der Waals surface area contributed by atoms with Crippen molar-refractivity contribution < 1.29 is 9.50 Å². The number of aromatic amines is 1. The number of aromatic nitrogens is 2. The second kappa shape index (κ2) is 4.28. The van der Waals surface area contributed by atoms with Crippen molar-refractivity contribution in [3.8, 4) is 5.75 Å². The molecule has 0 aliphatic heterocycles. The maximum atomic E-state index is 13.1. The first-order valence-corrected chi connectivity index (χ1v) is 5.80. The lowest BCUT2D eigenvalue weighted by Gasteiger charge is -2.05. The van der Waals surface area contributed by atoms with Gasteiger partial charge in [0.25, 0.3) is 0 Å². The van der Waals surface area contributed by atoms with Crippen molar-refractivity contribution in [3.63, 3.8) is 0 Å². The van der Waals surface area contributed by atoms with Crippen LogP contribution in [0.3, 0.4) is 0 Å². The number of para-hydroxylation sites is 1. The predicted molar refractivity (Wildman–Crippen MR) is 69.7 cm³/mol. The number of rotatable bonds is 2. The normalized spacial score (nSPS) is 11.0. The summed E-state index contributed by atoms with van der Waals surface area (Å²) in [6.45, 7) is 0.233. The Hall–Kier alpha value is -2.56. The van der Waals surface area contributed by atoms with Crippen molar-refractivity contribution in [3.05, 3.63) is 64.3 Å². The maximum absolute atomic E-state index is 13.1. The predicted octanol–water partition coefficient (Wildman–Crippen LogP) is 2.22. The summed E-state index contributed by atoms with van der Waals surface area (Å²) in [5, 5.41) is 9.73. The minimum absolute atomic E-state index is 0.130. The number of fused-ring (bicyclic) bond motifs is 1. The molecule has 0 radical (unpaired) electrons. The van der Waals surface area contributed by atoms with E-state index in [0.717, 1.165) is 0 Å². The Balaban J connectivity index is 2.13. The van der Waals surface area contributed by atoms with Gasteiger partial charge < -0.3 is 10.1 Å². The molecule has 3 aromatic rings. The molecule has 2 aromatic carbocycles. The van der Waals surface area contributed by atoms with Gasteiger partial charge in [-0.25, -0.2) is 9.18 Å². The summed E-state index contributed by atoms with van der Waals surface area (Å²) in [5.41, 5.74) is 1.36. The van der Waals surface area contributed by atoms with Crippen LogP contribution in [0, 0.1) is 5.82 Å². The zero-order valence-corrected chi connectivity index (χ0v) is 9.93. The number of nitrogens with one attached hydrogen (secondary N) is 1. The highest BCUT2D eigenvalue weighted by Gasteiger charge is 2.09. The number of benzene rings is 2. The molecule has 0 amide bonds. The van der Waals surface area contributed by atoms with Crippen molar-refractivity contribution in [1.82, 2.24) is 9.55 Å². The van der Waals surface area contributed by atoms with Gasteiger partial charge in [0, 0.05) is 5.56 Å². The van der Waals surface area contributed by atoms with Gasteiger partial charge in [0.15, 0.2) is 0 Å². The first-order valence-electron chi connectivity index (χ1n) is 5.80. The van der Waals surface area contributed by atoms with E-state index >= 15 is 0 Å². The molecule has 0 aliphatic rings. The monoisotopic (exact) mass is 258 g/mol. The summed E-state index contributed by atoms with van der Waals surface area (Å²) < 4.78 is 14.6. The van der Waals surface area contributed by atoms with Crippen LogP contribution in [0.25, 0.3) is 11.0 Å². The van der Waals surface area contributed by atoms with E-state index in [-0.39, 0.29) is 18.0 Å². The van der Waals surface area contributed by atoms with E-state index < -0.39 is 5.82 Å². The van der Waals surface area contributed by atoms with Crippen molar-refractivity contribution in [2.75, 3.05) is 0 Å². The minimum Gasteiger partial charge on any atom is -0.508 e. The van der Waals surface area contributed by atoms with E-state index in [2.05, 4.69) is 4.98 Å². The molecule has 0 spiro atoms. The van der Waals surface area contributed by atoms with Gasteiger partial charge in [-0.2, -0.15) is 0 Å². The van der Waals surface area contributed by atoms with E-state index in [9.17, 15) is 14.3 Å². The molecule has 5 heteroatoms. The average Bonchev–Trinajstić information content (AvgIpc) is 2.68. The lowest BCUT2D eigenvalue weighted by Crippen LogP contribution is -2.17. The van der Waals surface area contributed by atoms with E-state index in [4.69, 9.17) is 0 Å². The minimum atomic E-state index is -0.400. The van der Waals surface area contributed by atoms with Gasteiger partial charge in [-0.3, -0.25) is 4.57 Å². The number of hydrogen-bond donors (Lipinski definition) is 2. The molecule has 0 unspecified atom stereocenters. The number of H-pyrrole nitrogens is 1. The lowest BCUT2D eigenvalue weighted by molar-refractivity contribution is 0.466. The van der Waals surface area contributed by atoms with E-state index in [0.29, 0.717) is 16.6 Å². The van der Waals surface area contributed by atoms with Crippen molar-refractivity contribution in [2.24, 2.45) is 0 Å². The van der Waals surface area contributed by atoms with Crippen LogP contribution >= 0.6 is 0 Å². The molecule has 96 valence electrons. The van der Waals surface area contributed by atoms with Crippen LogP contribution < -0.4 is 5.69 Å². The van der Waals surface area contributed by atoms with Gasteiger partial charge in [0.2, 0.25) is 0 Å². The molecule has 0 bridgehead atoms. The van der Waals surface area contributed by atoms with Crippen LogP contribution in [0.2, 0.25) is 0 Å². The number of phenols is 1. The fraction of sp³-hybridized carbons (Fsp3) is 0.0714. The quantitative estimate of drug-likeness (QED) is 0.740. The highest BCUT2D eigenvalue weighted by atomic mass is 19.1. The number of nitrogens with zero attached hydrogens (tertiary/aromatic N) is 1. The summed E-state index contributed by atoms with van der Waals surface area (Å²) in [7, 11) is 0. The molecule has 1 aromatic heterocycles. The third-order valence-corrected chi connectivity index (χ3v) is 3.06. The molecule has 2 N–H and O–H groups in total. The number of aromatic hydroxyl groups is 1. The summed E-state index contributed by atoms with van der Waals surface area (Å²) >= 11 is 0. The average molecular weight is 258 g/mol. The second-order valence-corrected chi connectivity index (χ2v) is 4.31. The zero-order valence-electron chi connectivity index (χ0n) is 9.93. The molecule has 0 saturated heterocycles. The molecule has 0 saturated carbocycles. The Labute approximate surface area is 107 Å². The number of imidazole rings is 1. The van der Waals surface area contributed by atoms with Gasteiger partial charge >= 0.3 is 5.69 Å². The molecular formula is C14H11FN2O2. The second-order valence-electron chi connectivity index (χ2n) is 4.31. The smallest absolute Gasteiger partial charge is 0.326 e. The van der Waals surface area contributed by atoms with Crippen LogP contribution in [0.5, 0.6) is 5.75 Å². The van der Waals surface area contributed by atoms with Crippen LogP contribution in [0.15, 0.2) is 47.3 Å². The van der Waals surface area contributed by atoms with Gasteiger partial charge in [-0.1, -0.05) is 18.2 Å². The Morgan fingerprint density at radius 2 is 2.00 bits per heavy atom. The zero-order chi connectivity index (χ0) is 13.4. The van der Waals surface area contributed by atoms with E-state index in [1.165, 1.54) is 16.7 Å². The highest BCUT2D eigenvalue weighted by molar-refractivity contribution is 5.75. The third-order valence-electron chi connectivity index (χ3n) is 3.06. The molecule has 0 fully saturated rings. The molecule has 4 nitrogen and oxygen atoms in total. The van der Waals surface area contributed by atoms with Crippen molar-refractivity contribution in [1.29, 1.82) is 0 Å². The SMILES string of the molecule is O=c1[nH]c2cc(F)ccc2n1Cc1ccccc1O. The summed E-state index contributed by atoms with van der Waals surface area (Å²) in [4.78, 5) is 14.5. The molecule has 0 aliphatic carbocycles. The molecule has 19 heavy (non-hydrogen) atoms. The Morgan fingerprint density at radius 3 is 2.79 bits per heavy atom. The molecular weight excluding hydrogens is 247 g/mol. The summed E-state index contributed by atoms with van der Waals surface area (Å²) in [6.07, 6.45) is 0. The lowest BCUT2D eigenvalue weighted by atomic mass is 10.2. The maximum Gasteiger partial charge on any atom is 0.326 e. The first kappa shape index (κ1) is 11.5. The van der Waals surface area contributed by atoms with Gasteiger partial charge in [0.1, 0.15) is 11.6 Å². The molecule has 0 atom stereocenters. The largest absolute Gasteiger partial charge is 0.508 e.